The van der Waals surface area contributed by atoms with Gasteiger partial charge in [0.1, 0.15) is 0 Å². The molecule has 6 heteroatoms. The van der Waals surface area contributed by atoms with E-state index >= 15 is 0 Å². The number of likely N-dealkylation sites (N-methyl/N-ethyl adjacent to an activating group) is 1. The summed E-state index contributed by atoms with van der Waals surface area (Å²) < 4.78 is 0. The van der Waals surface area contributed by atoms with E-state index < -0.39 is 0 Å². The van der Waals surface area contributed by atoms with Crippen LogP contribution in [0.25, 0.3) is 0 Å². The van der Waals surface area contributed by atoms with Crippen LogP contribution in [0.5, 0.6) is 0 Å². The van der Waals surface area contributed by atoms with E-state index in [1.54, 1.807) is 26.0 Å². The Kier molecular flexibility index (Phi) is 6.94. The quantitative estimate of drug-likeness (QED) is 0.461. The lowest BCUT2D eigenvalue weighted by Gasteiger charge is -2.31. The fourth-order valence-corrected chi connectivity index (χ4v) is 2.32. The van der Waals surface area contributed by atoms with Crippen LogP contribution in [-0.2, 0) is 17.8 Å². The Labute approximate surface area is 143 Å². The number of hydrogen-bond donors (Lipinski definition) is 1. The molecule has 0 bridgehead atoms. The molecule has 1 amide bonds. The van der Waals surface area contributed by atoms with Gasteiger partial charge in [0.2, 0.25) is 5.91 Å². The van der Waals surface area contributed by atoms with Crippen LogP contribution < -0.4 is 5.32 Å². The Morgan fingerprint density at radius 3 is 2.62 bits per heavy atom. The van der Waals surface area contributed by atoms with Crippen molar-refractivity contribution in [3.63, 3.8) is 0 Å². The molecule has 0 unspecified atom stereocenters. The fraction of sp³-hybridized carbons (Fsp3) is 0.467. The average molecular weight is 402 g/mol. The summed E-state index contributed by atoms with van der Waals surface area (Å²) in [6, 6.07) is 8.48. The summed E-state index contributed by atoms with van der Waals surface area (Å²) in [6.07, 6.45) is 1.01. The van der Waals surface area contributed by atoms with E-state index in [1.807, 2.05) is 0 Å². The van der Waals surface area contributed by atoms with Gasteiger partial charge in [-0.15, -0.1) is 24.0 Å². The van der Waals surface area contributed by atoms with Gasteiger partial charge in [0.15, 0.2) is 5.96 Å². The highest BCUT2D eigenvalue weighted by molar-refractivity contribution is 14.0. The van der Waals surface area contributed by atoms with E-state index in [0.29, 0.717) is 0 Å². The standard InChI is InChI=1S/C15H22N4O.HI/c1-16-15(17-10-14(20)18(2)3)19-9-8-12-6-4-5-7-13(12)11-19;/h4-7H,8-11H2,1-3H3,(H,16,17);1H. The van der Waals surface area contributed by atoms with Gasteiger partial charge in [-0.3, -0.25) is 9.79 Å². The molecule has 2 rings (SSSR count). The largest absolute Gasteiger partial charge is 0.347 e. The van der Waals surface area contributed by atoms with E-state index in [4.69, 9.17) is 0 Å². The van der Waals surface area contributed by atoms with Crippen molar-refractivity contribution in [1.29, 1.82) is 0 Å². The predicted octanol–water partition coefficient (Wildman–Crippen LogP) is 1.33. The van der Waals surface area contributed by atoms with Crippen molar-refractivity contribution in [2.24, 2.45) is 4.99 Å². The Morgan fingerprint density at radius 2 is 2.00 bits per heavy atom. The number of hydrogen-bond acceptors (Lipinski definition) is 2. The summed E-state index contributed by atoms with van der Waals surface area (Å²) >= 11 is 0. The van der Waals surface area contributed by atoms with Gasteiger partial charge in [0, 0.05) is 34.2 Å². The van der Waals surface area contributed by atoms with Crippen molar-refractivity contribution in [2.45, 2.75) is 13.0 Å². The molecule has 1 heterocycles. The van der Waals surface area contributed by atoms with Gasteiger partial charge in [-0.1, -0.05) is 24.3 Å². The molecular weight excluding hydrogens is 379 g/mol. The number of fused-ring (bicyclic) bond motifs is 1. The summed E-state index contributed by atoms with van der Waals surface area (Å²) in [6.45, 7) is 2.04. The second kappa shape index (κ2) is 8.21. The van der Waals surface area contributed by atoms with Crippen molar-refractivity contribution in [3.05, 3.63) is 35.4 Å². The van der Waals surface area contributed by atoms with Crippen molar-refractivity contribution in [2.75, 3.05) is 34.2 Å². The van der Waals surface area contributed by atoms with Crippen LogP contribution >= 0.6 is 24.0 Å². The number of aliphatic imine (C=N–C) groups is 1. The third-order valence-corrected chi connectivity index (χ3v) is 3.54. The van der Waals surface area contributed by atoms with Gasteiger partial charge in [-0.05, 0) is 17.5 Å². The normalized spacial score (nSPS) is 14.0. The van der Waals surface area contributed by atoms with Gasteiger partial charge >= 0.3 is 0 Å². The molecule has 1 N–H and O–H groups in total. The first-order valence-electron chi connectivity index (χ1n) is 6.84. The number of nitrogens with one attached hydrogen (secondary N) is 1. The monoisotopic (exact) mass is 402 g/mol. The van der Waals surface area contributed by atoms with Crippen molar-refractivity contribution < 1.29 is 4.79 Å². The lowest BCUT2D eigenvalue weighted by molar-refractivity contribution is -0.127. The van der Waals surface area contributed by atoms with Gasteiger partial charge in [-0.25, -0.2) is 0 Å². The van der Waals surface area contributed by atoms with Crippen LogP contribution in [0, 0.1) is 0 Å². The summed E-state index contributed by atoms with van der Waals surface area (Å²) in [7, 11) is 5.26. The topological polar surface area (TPSA) is 47.9 Å². The number of benzene rings is 1. The number of halogens is 1. The third-order valence-electron chi connectivity index (χ3n) is 3.54. The summed E-state index contributed by atoms with van der Waals surface area (Å²) in [5.41, 5.74) is 2.74. The van der Waals surface area contributed by atoms with Crippen LogP contribution in [0.3, 0.4) is 0 Å². The van der Waals surface area contributed by atoms with E-state index in [1.165, 1.54) is 11.1 Å². The Balaban J connectivity index is 0.00000220. The first-order valence-corrected chi connectivity index (χ1v) is 6.84. The van der Waals surface area contributed by atoms with Crippen LogP contribution in [0.4, 0.5) is 0 Å². The zero-order valence-corrected chi connectivity index (χ0v) is 15.1. The maximum atomic E-state index is 11.6. The predicted molar refractivity (Wildman–Crippen MR) is 96.0 cm³/mol. The van der Waals surface area contributed by atoms with Crippen molar-refractivity contribution >= 4 is 35.8 Å². The van der Waals surface area contributed by atoms with Crippen LogP contribution in [0.15, 0.2) is 29.3 Å². The highest BCUT2D eigenvalue weighted by atomic mass is 127. The molecule has 0 atom stereocenters. The van der Waals surface area contributed by atoms with Crippen LogP contribution in [-0.4, -0.2) is 55.9 Å². The minimum Gasteiger partial charge on any atom is -0.347 e. The zero-order chi connectivity index (χ0) is 14.5. The van der Waals surface area contributed by atoms with Gasteiger partial charge in [0.25, 0.3) is 0 Å². The Bertz CT molecular complexity index is 516. The zero-order valence-electron chi connectivity index (χ0n) is 12.8. The molecule has 0 saturated heterocycles. The third kappa shape index (κ3) is 4.59. The molecule has 116 valence electrons. The molecule has 21 heavy (non-hydrogen) atoms. The molecule has 1 aromatic carbocycles. The second-order valence-electron chi connectivity index (χ2n) is 5.13. The Morgan fingerprint density at radius 1 is 1.33 bits per heavy atom. The molecule has 1 aliphatic heterocycles. The van der Waals surface area contributed by atoms with Crippen molar-refractivity contribution in [3.8, 4) is 0 Å². The first kappa shape index (κ1) is 17.7. The number of amides is 1. The van der Waals surface area contributed by atoms with Gasteiger partial charge in [-0.2, -0.15) is 0 Å². The van der Waals surface area contributed by atoms with E-state index in [9.17, 15) is 4.79 Å². The lowest BCUT2D eigenvalue weighted by atomic mass is 10.0. The SMILES string of the molecule is CN=C(NCC(=O)N(C)C)N1CCc2ccccc2C1.I. The molecular formula is C15H23IN4O. The lowest BCUT2D eigenvalue weighted by Crippen LogP contribution is -2.47. The second-order valence-corrected chi connectivity index (χ2v) is 5.13. The maximum Gasteiger partial charge on any atom is 0.241 e. The number of rotatable bonds is 2. The van der Waals surface area contributed by atoms with E-state index in [0.717, 1.165) is 25.5 Å². The highest BCUT2D eigenvalue weighted by Crippen LogP contribution is 2.18. The van der Waals surface area contributed by atoms with Crippen LogP contribution in [0.1, 0.15) is 11.1 Å². The number of guanidine groups is 1. The molecule has 0 aromatic heterocycles. The maximum absolute atomic E-state index is 11.6. The molecule has 0 saturated carbocycles. The summed E-state index contributed by atoms with van der Waals surface area (Å²) in [4.78, 5) is 19.7. The van der Waals surface area contributed by atoms with Crippen LogP contribution in [0.2, 0.25) is 0 Å². The molecule has 0 fully saturated rings. The molecule has 5 nitrogen and oxygen atoms in total. The van der Waals surface area contributed by atoms with E-state index in [2.05, 4.69) is 39.5 Å². The van der Waals surface area contributed by atoms with E-state index in [-0.39, 0.29) is 36.4 Å². The number of carbonyl (C=O) groups is 1. The molecule has 0 spiro atoms. The molecule has 0 radical (unpaired) electrons. The highest BCUT2D eigenvalue weighted by Gasteiger charge is 2.19. The minimum absolute atomic E-state index is 0. The van der Waals surface area contributed by atoms with Gasteiger partial charge in [0.05, 0.1) is 6.54 Å². The summed E-state index contributed by atoms with van der Waals surface area (Å²) in [5, 5.41) is 3.14. The average Bonchev–Trinajstić information content (AvgIpc) is 2.47. The summed E-state index contributed by atoms with van der Waals surface area (Å²) in [5.74, 6) is 0.832. The van der Waals surface area contributed by atoms with Gasteiger partial charge < -0.3 is 15.1 Å². The molecule has 1 aromatic rings. The molecule has 0 aliphatic carbocycles. The smallest absolute Gasteiger partial charge is 0.241 e. The fourth-order valence-electron chi connectivity index (χ4n) is 2.32. The molecule has 1 aliphatic rings. The number of carbonyl (C=O) groups excluding carboxylic acids is 1. The van der Waals surface area contributed by atoms with Crippen molar-refractivity contribution in [1.82, 2.24) is 15.1 Å². The minimum atomic E-state index is 0. The number of nitrogens with zero attached hydrogens (tertiary/aromatic N) is 3. The first-order chi connectivity index (χ1) is 9.61. The Hall–Kier alpha value is -1.31.